The number of hydrogen-bond acceptors (Lipinski definition) is 4. The van der Waals surface area contributed by atoms with Gasteiger partial charge in [0.1, 0.15) is 17.4 Å². The molecule has 1 aliphatic heterocycles. The van der Waals surface area contributed by atoms with Gasteiger partial charge in [0.25, 0.3) is 0 Å². The van der Waals surface area contributed by atoms with Crippen molar-refractivity contribution in [2.75, 3.05) is 51.3 Å². The molecule has 1 heterocycles. The molecule has 1 saturated heterocycles. The van der Waals surface area contributed by atoms with Crippen LogP contribution in [0.4, 0.5) is 5.69 Å². The van der Waals surface area contributed by atoms with Crippen LogP contribution < -0.4 is 10.1 Å². The summed E-state index contributed by atoms with van der Waals surface area (Å²) < 4.78 is 11.1. The number of rotatable bonds is 6. The number of hydrogen-bond donors (Lipinski definition) is 1. The molecule has 0 radical (unpaired) electrons. The predicted octanol–water partition coefficient (Wildman–Crippen LogP) is 2.48. The van der Waals surface area contributed by atoms with E-state index in [1.165, 1.54) is 0 Å². The quantitative estimate of drug-likeness (QED) is 0.870. The molecule has 4 nitrogen and oxygen atoms in total. The van der Waals surface area contributed by atoms with E-state index in [0.717, 1.165) is 50.8 Å². The third-order valence-corrected chi connectivity index (χ3v) is 3.49. The Hall–Kier alpha value is -0.970. The third kappa shape index (κ3) is 4.27. The van der Waals surface area contributed by atoms with Crippen molar-refractivity contribution in [1.82, 2.24) is 4.90 Å². The van der Waals surface area contributed by atoms with Crippen LogP contribution in [0.2, 0.25) is 5.02 Å². The molecule has 1 N–H and O–H groups in total. The average molecular weight is 285 g/mol. The fourth-order valence-electron chi connectivity index (χ4n) is 2.06. The molecule has 1 aromatic carbocycles. The smallest absolute Gasteiger partial charge is 0.140 e. The molecule has 0 saturated carbocycles. The maximum atomic E-state index is 6.29. The lowest BCUT2D eigenvalue weighted by Crippen LogP contribution is -2.38. The van der Waals surface area contributed by atoms with Gasteiger partial charge in [-0.25, -0.2) is 0 Å². The van der Waals surface area contributed by atoms with Crippen molar-refractivity contribution < 1.29 is 9.47 Å². The van der Waals surface area contributed by atoms with Crippen LogP contribution in [0.25, 0.3) is 0 Å². The van der Waals surface area contributed by atoms with E-state index in [9.17, 15) is 0 Å². The molecule has 0 unspecified atom stereocenters. The van der Waals surface area contributed by atoms with Gasteiger partial charge in [-0.05, 0) is 19.1 Å². The van der Waals surface area contributed by atoms with Gasteiger partial charge in [0.15, 0.2) is 0 Å². The topological polar surface area (TPSA) is 33.7 Å². The summed E-state index contributed by atoms with van der Waals surface area (Å²) in [6.07, 6.45) is 0. The number of nitrogens with one attached hydrogen (secondary N) is 1. The maximum Gasteiger partial charge on any atom is 0.140 e. The maximum absolute atomic E-state index is 6.29. The molecular weight excluding hydrogens is 264 g/mol. The summed E-state index contributed by atoms with van der Waals surface area (Å²) in [5.74, 6) is 0.744. The molecule has 1 aromatic rings. The van der Waals surface area contributed by atoms with E-state index < -0.39 is 0 Å². The lowest BCUT2D eigenvalue weighted by molar-refractivity contribution is 0.0322. The van der Waals surface area contributed by atoms with Gasteiger partial charge in [-0.3, -0.25) is 4.90 Å². The minimum absolute atomic E-state index is 0.648. The van der Waals surface area contributed by atoms with Crippen LogP contribution in [0.1, 0.15) is 6.92 Å². The molecule has 0 atom stereocenters. The second-order valence-electron chi connectivity index (χ2n) is 4.45. The Morgan fingerprint density at radius 3 is 2.89 bits per heavy atom. The first kappa shape index (κ1) is 14.4. The molecule has 19 heavy (non-hydrogen) atoms. The average Bonchev–Trinajstić information content (AvgIpc) is 2.44. The number of anilines is 1. The molecule has 106 valence electrons. The summed E-state index contributed by atoms with van der Waals surface area (Å²) >= 11 is 6.29. The standard InChI is InChI=1S/C14H21ClN2O2/c1-2-16-12-4-3-5-13(14(12)15)19-11-8-17-6-9-18-10-7-17/h3-5,16H,2,6-11H2,1H3. The van der Waals surface area contributed by atoms with Gasteiger partial charge in [0.05, 0.1) is 18.9 Å². The SMILES string of the molecule is CCNc1cccc(OCCN2CCOCC2)c1Cl. The summed E-state index contributed by atoms with van der Waals surface area (Å²) in [6.45, 7) is 8.04. The summed E-state index contributed by atoms with van der Waals surface area (Å²) in [5.41, 5.74) is 0.924. The van der Waals surface area contributed by atoms with Crippen molar-refractivity contribution in [1.29, 1.82) is 0 Å². The number of halogens is 1. The molecule has 0 spiro atoms. The highest BCUT2D eigenvalue weighted by atomic mass is 35.5. The Morgan fingerprint density at radius 2 is 2.16 bits per heavy atom. The molecule has 1 aliphatic rings. The minimum atomic E-state index is 0.648. The van der Waals surface area contributed by atoms with E-state index in [4.69, 9.17) is 21.1 Å². The first-order chi connectivity index (χ1) is 9.31. The summed E-state index contributed by atoms with van der Waals surface area (Å²) in [5, 5.41) is 3.88. The zero-order valence-electron chi connectivity index (χ0n) is 11.3. The van der Waals surface area contributed by atoms with Crippen molar-refractivity contribution in [2.45, 2.75) is 6.92 Å². The van der Waals surface area contributed by atoms with Crippen molar-refractivity contribution in [3.63, 3.8) is 0 Å². The van der Waals surface area contributed by atoms with Crippen LogP contribution in [0.5, 0.6) is 5.75 Å². The van der Waals surface area contributed by atoms with E-state index in [1.54, 1.807) is 0 Å². The first-order valence-corrected chi connectivity index (χ1v) is 7.14. The second-order valence-corrected chi connectivity index (χ2v) is 4.83. The van der Waals surface area contributed by atoms with E-state index in [-0.39, 0.29) is 0 Å². The Labute approximate surface area is 119 Å². The van der Waals surface area contributed by atoms with Crippen LogP contribution in [0.15, 0.2) is 18.2 Å². The Balaban J connectivity index is 1.83. The summed E-state index contributed by atoms with van der Waals surface area (Å²) in [7, 11) is 0. The Morgan fingerprint density at radius 1 is 1.37 bits per heavy atom. The molecule has 0 bridgehead atoms. The molecular formula is C14H21ClN2O2. The molecule has 1 fully saturated rings. The minimum Gasteiger partial charge on any atom is -0.491 e. The van der Waals surface area contributed by atoms with Crippen LogP contribution in [0.3, 0.4) is 0 Å². The lowest BCUT2D eigenvalue weighted by atomic mass is 10.3. The van der Waals surface area contributed by atoms with Gasteiger partial charge in [-0.1, -0.05) is 17.7 Å². The van der Waals surface area contributed by atoms with Gasteiger partial charge >= 0.3 is 0 Å². The number of morpholine rings is 1. The second kappa shape index (κ2) is 7.58. The highest BCUT2D eigenvalue weighted by molar-refractivity contribution is 6.34. The van der Waals surface area contributed by atoms with Crippen LogP contribution in [-0.2, 0) is 4.74 Å². The van der Waals surface area contributed by atoms with Gasteiger partial charge < -0.3 is 14.8 Å². The van der Waals surface area contributed by atoms with E-state index in [1.807, 2.05) is 25.1 Å². The monoisotopic (exact) mass is 284 g/mol. The highest BCUT2D eigenvalue weighted by Gasteiger charge is 2.11. The van der Waals surface area contributed by atoms with Crippen molar-refractivity contribution >= 4 is 17.3 Å². The summed E-state index contributed by atoms with van der Waals surface area (Å²) in [4.78, 5) is 2.34. The predicted molar refractivity (Wildman–Crippen MR) is 78.4 cm³/mol. The van der Waals surface area contributed by atoms with Crippen LogP contribution >= 0.6 is 11.6 Å². The lowest BCUT2D eigenvalue weighted by Gasteiger charge is -2.26. The van der Waals surface area contributed by atoms with Crippen molar-refractivity contribution in [2.24, 2.45) is 0 Å². The fraction of sp³-hybridized carbons (Fsp3) is 0.571. The highest BCUT2D eigenvalue weighted by Crippen LogP contribution is 2.31. The molecule has 0 aliphatic carbocycles. The van der Waals surface area contributed by atoms with Gasteiger partial charge in [0.2, 0.25) is 0 Å². The first-order valence-electron chi connectivity index (χ1n) is 6.76. The molecule has 0 aromatic heterocycles. The summed E-state index contributed by atoms with van der Waals surface area (Å²) in [6, 6.07) is 5.82. The number of nitrogens with zero attached hydrogens (tertiary/aromatic N) is 1. The van der Waals surface area contributed by atoms with Crippen LogP contribution in [-0.4, -0.2) is 50.9 Å². The zero-order valence-corrected chi connectivity index (χ0v) is 12.1. The Kier molecular flexibility index (Phi) is 5.76. The van der Waals surface area contributed by atoms with Gasteiger partial charge in [-0.2, -0.15) is 0 Å². The fourth-order valence-corrected chi connectivity index (χ4v) is 2.31. The van der Waals surface area contributed by atoms with E-state index in [0.29, 0.717) is 11.6 Å². The van der Waals surface area contributed by atoms with E-state index in [2.05, 4.69) is 10.2 Å². The zero-order chi connectivity index (χ0) is 13.5. The molecule has 2 rings (SSSR count). The van der Waals surface area contributed by atoms with Crippen molar-refractivity contribution in [3.05, 3.63) is 23.2 Å². The van der Waals surface area contributed by atoms with Crippen molar-refractivity contribution in [3.8, 4) is 5.75 Å². The normalized spacial score (nSPS) is 16.3. The number of benzene rings is 1. The van der Waals surface area contributed by atoms with Crippen LogP contribution in [0, 0.1) is 0 Å². The van der Waals surface area contributed by atoms with Gasteiger partial charge in [-0.15, -0.1) is 0 Å². The molecule has 5 heteroatoms. The van der Waals surface area contributed by atoms with E-state index >= 15 is 0 Å². The molecule has 0 amide bonds. The third-order valence-electron chi connectivity index (χ3n) is 3.10. The van der Waals surface area contributed by atoms with Gasteiger partial charge in [0, 0.05) is 26.2 Å². The largest absolute Gasteiger partial charge is 0.491 e. The number of ether oxygens (including phenoxy) is 2. The Bertz CT molecular complexity index is 395.